The predicted molar refractivity (Wildman–Crippen MR) is 36.3 cm³/mol. The van der Waals surface area contributed by atoms with E-state index in [0.717, 1.165) is 5.41 Å². The van der Waals surface area contributed by atoms with Crippen LogP contribution in [-0.4, -0.2) is 8.42 Å². The van der Waals surface area contributed by atoms with E-state index in [-0.39, 0.29) is 0 Å². The van der Waals surface area contributed by atoms with Gasteiger partial charge >= 0.3 is 0 Å². The Morgan fingerprint density at radius 3 is 2.14 bits per heavy atom. The van der Waals surface area contributed by atoms with E-state index in [1.54, 1.807) is 0 Å². The van der Waals surface area contributed by atoms with Gasteiger partial charge in [0.15, 0.2) is 0 Å². The number of rotatable bonds is 2. The molecule has 0 aromatic carbocycles. The van der Waals surface area contributed by atoms with E-state index in [4.69, 9.17) is 0 Å². The molecule has 0 unspecified atom stereocenters. The van der Waals surface area contributed by atoms with Gasteiger partial charge in [-0.2, -0.15) is 2.94 Å². The zero-order chi connectivity index (χ0) is 5.91. The molecule has 0 heterocycles. The summed E-state index contributed by atoms with van der Waals surface area (Å²) in [6.45, 7) is 3.05. The monoisotopic (exact) mass is 233 g/mol. The quantitative estimate of drug-likeness (QED) is 0.554. The Morgan fingerprint density at radius 2 is 2.14 bits per heavy atom. The first-order chi connectivity index (χ1) is 3.12. The van der Waals surface area contributed by atoms with Crippen LogP contribution < -0.4 is 2.94 Å². The van der Waals surface area contributed by atoms with Crippen LogP contribution in [0.15, 0.2) is 12.0 Å². The van der Waals surface area contributed by atoms with Crippen molar-refractivity contribution in [2.45, 2.75) is 0 Å². The summed E-state index contributed by atoms with van der Waals surface area (Å²) in [5.74, 6) is 0. The highest BCUT2D eigenvalue weighted by Crippen LogP contribution is 1.84. The van der Waals surface area contributed by atoms with Crippen molar-refractivity contribution in [1.29, 1.82) is 0 Å². The molecule has 7 heavy (non-hydrogen) atoms. The second kappa shape index (κ2) is 2.63. The van der Waals surface area contributed by atoms with Crippen molar-refractivity contribution in [1.82, 2.24) is 2.94 Å². The third kappa shape index (κ3) is 3.01. The lowest BCUT2D eigenvalue weighted by Crippen LogP contribution is -2.06. The van der Waals surface area contributed by atoms with Gasteiger partial charge in [0, 0.05) is 28.3 Å². The van der Waals surface area contributed by atoms with E-state index >= 15 is 0 Å². The van der Waals surface area contributed by atoms with E-state index in [2.05, 4.69) is 6.58 Å². The molecule has 0 spiro atoms. The van der Waals surface area contributed by atoms with Crippen LogP contribution in [0.3, 0.4) is 0 Å². The highest BCUT2D eigenvalue weighted by Gasteiger charge is 1.95. The van der Waals surface area contributed by atoms with E-state index in [1.807, 2.05) is 2.94 Å². The molecule has 0 fully saturated rings. The molecule has 0 bridgehead atoms. The number of hydrogen-bond acceptors (Lipinski definition) is 2. The van der Waals surface area contributed by atoms with Crippen LogP contribution in [0.4, 0.5) is 0 Å². The smallest absolute Gasteiger partial charge is 0.207 e. The summed E-state index contributed by atoms with van der Waals surface area (Å²) in [6, 6.07) is 0. The fourth-order valence-corrected chi connectivity index (χ4v) is 0.634. The molecule has 0 aliphatic heterocycles. The predicted octanol–water partition coefficient (Wildman–Crippen LogP) is 0.399. The summed E-state index contributed by atoms with van der Waals surface area (Å²) >= 11 is 1.52. The summed E-state index contributed by atoms with van der Waals surface area (Å²) < 4.78 is 22.3. The average molecular weight is 233 g/mol. The van der Waals surface area contributed by atoms with Gasteiger partial charge in [0.05, 0.1) is 0 Å². The Hall–Kier alpha value is 0.380. The maximum absolute atomic E-state index is 10.1. The topological polar surface area (TPSA) is 46.2 Å². The Balaban J connectivity index is 4.17. The molecule has 0 saturated heterocycles. The summed E-state index contributed by atoms with van der Waals surface area (Å²) in [6.07, 6.45) is 0. The molecule has 0 aromatic heterocycles. The van der Waals surface area contributed by atoms with Crippen LogP contribution in [0, 0.1) is 0 Å². The molecule has 0 radical (unpaired) electrons. The minimum absolute atomic E-state index is 0.847. The van der Waals surface area contributed by atoms with Crippen LogP contribution >= 0.6 is 22.9 Å². The second-order valence-electron chi connectivity index (χ2n) is 0.789. The lowest BCUT2D eigenvalue weighted by atomic mass is 11.3. The molecule has 0 aromatic rings. The zero-order valence-electron chi connectivity index (χ0n) is 3.39. The van der Waals surface area contributed by atoms with Crippen molar-refractivity contribution < 1.29 is 8.42 Å². The average Bonchev–Trinajstić information content (AvgIpc) is 1.68. The standard InChI is InChI=1S/C2H4INO2S/c1-2-7(5,6)4-3/h2,4H,1H2. The molecule has 0 amide bonds. The van der Waals surface area contributed by atoms with Crippen LogP contribution in [0.25, 0.3) is 0 Å². The fraction of sp³-hybridized carbons (Fsp3) is 0. The molecule has 0 atom stereocenters. The summed E-state index contributed by atoms with van der Waals surface area (Å²) in [5.41, 5.74) is 0. The Bertz CT molecular complexity index is 149. The van der Waals surface area contributed by atoms with Gasteiger partial charge < -0.3 is 0 Å². The summed E-state index contributed by atoms with van der Waals surface area (Å²) in [4.78, 5) is 0. The fourth-order valence-electron chi connectivity index (χ4n) is 0.0315. The van der Waals surface area contributed by atoms with Gasteiger partial charge in [-0.05, 0) is 0 Å². The van der Waals surface area contributed by atoms with Gasteiger partial charge in [-0.1, -0.05) is 6.58 Å². The molecule has 0 aliphatic carbocycles. The number of nitrogens with one attached hydrogen (secondary N) is 1. The number of hydrogen-bond donors (Lipinski definition) is 1. The van der Waals surface area contributed by atoms with E-state index in [9.17, 15) is 8.42 Å². The normalized spacial score (nSPS) is 11.0. The zero-order valence-corrected chi connectivity index (χ0v) is 6.36. The van der Waals surface area contributed by atoms with Gasteiger partial charge in [-0.3, -0.25) is 0 Å². The largest absolute Gasteiger partial charge is 0.241 e. The molecule has 0 rings (SSSR count). The first-order valence-corrected chi connectivity index (χ1v) is 4.00. The number of sulfonamides is 1. The minimum atomic E-state index is -3.16. The summed E-state index contributed by atoms with van der Waals surface area (Å²) in [7, 11) is -3.16. The lowest BCUT2D eigenvalue weighted by Gasteiger charge is -1.85. The van der Waals surface area contributed by atoms with Gasteiger partial charge in [-0.25, -0.2) is 8.42 Å². The molecular formula is C2H4INO2S. The van der Waals surface area contributed by atoms with E-state index in [1.165, 1.54) is 22.9 Å². The van der Waals surface area contributed by atoms with Crippen molar-refractivity contribution in [2.75, 3.05) is 0 Å². The van der Waals surface area contributed by atoms with Gasteiger partial charge in [0.1, 0.15) is 0 Å². The highest BCUT2D eigenvalue weighted by atomic mass is 127. The van der Waals surface area contributed by atoms with E-state index in [0.29, 0.717) is 0 Å². The van der Waals surface area contributed by atoms with Crippen LogP contribution in [-0.2, 0) is 10.0 Å². The number of halogens is 1. The van der Waals surface area contributed by atoms with Gasteiger partial charge in [0.25, 0.3) is 0 Å². The maximum atomic E-state index is 10.1. The molecule has 5 heteroatoms. The Kier molecular flexibility index (Phi) is 2.77. The molecule has 3 nitrogen and oxygen atoms in total. The maximum Gasteiger partial charge on any atom is 0.241 e. The molecular weight excluding hydrogens is 229 g/mol. The van der Waals surface area contributed by atoms with Gasteiger partial charge in [-0.15, -0.1) is 0 Å². The third-order valence-corrected chi connectivity index (χ3v) is 2.82. The van der Waals surface area contributed by atoms with Crippen LogP contribution in [0.1, 0.15) is 0 Å². The van der Waals surface area contributed by atoms with Crippen LogP contribution in [0.5, 0.6) is 0 Å². The van der Waals surface area contributed by atoms with Crippen molar-refractivity contribution >= 4 is 32.9 Å². The van der Waals surface area contributed by atoms with E-state index < -0.39 is 10.0 Å². The molecule has 42 valence electrons. The Labute approximate surface area is 56.3 Å². The van der Waals surface area contributed by atoms with Gasteiger partial charge in [0.2, 0.25) is 10.0 Å². The minimum Gasteiger partial charge on any atom is -0.207 e. The van der Waals surface area contributed by atoms with Crippen molar-refractivity contribution in [3.63, 3.8) is 0 Å². The second-order valence-corrected chi connectivity index (χ2v) is 3.69. The molecule has 0 saturated carbocycles. The van der Waals surface area contributed by atoms with Crippen molar-refractivity contribution in [2.24, 2.45) is 0 Å². The SMILES string of the molecule is C=CS(=O)(=O)NI. The first kappa shape index (κ1) is 7.38. The summed E-state index contributed by atoms with van der Waals surface area (Å²) in [5, 5.41) is 0.847. The Morgan fingerprint density at radius 1 is 1.71 bits per heavy atom. The molecule has 0 aliphatic rings. The van der Waals surface area contributed by atoms with Crippen molar-refractivity contribution in [3.05, 3.63) is 12.0 Å². The van der Waals surface area contributed by atoms with Crippen LogP contribution in [0.2, 0.25) is 0 Å². The highest BCUT2D eigenvalue weighted by molar-refractivity contribution is 14.1. The third-order valence-electron chi connectivity index (χ3n) is 0.327. The molecule has 1 N–H and O–H groups in total. The first-order valence-electron chi connectivity index (χ1n) is 1.37. The lowest BCUT2D eigenvalue weighted by molar-refractivity contribution is 0.604. The van der Waals surface area contributed by atoms with Crippen molar-refractivity contribution in [3.8, 4) is 0 Å².